The molecule has 0 bridgehead atoms. The van der Waals surface area contributed by atoms with Crippen LogP contribution < -0.4 is 11.1 Å². The Bertz CT molecular complexity index is 709. The minimum atomic E-state index is 0. The van der Waals surface area contributed by atoms with Gasteiger partial charge in [-0.05, 0) is 49.4 Å². The quantitative estimate of drug-likeness (QED) is 0.445. The second kappa shape index (κ2) is 7.81. The number of hydrogen-bond acceptors (Lipinski definition) is 3. The molecule has 124 valence electrons. The standard InChI is InChI=1S/C17H22N4O.HI/c1-3-16-20-11(2)15(22-16)10-19-17(18)21-14-8-7-12-5-4-6-13(12)9-14;/h7-9H,3-6,10H2,1-2H3,(H3,18,19,21);1H. The Morgan fingerprint density at radius 2 is 2.13 bits per heavy atom. The maximum atomic E-state index is 5.96. The third-order valence-corrected chi connectivity index (χ3v) is 4.00. The first-order valence-electron chi connectivity index (χ1n) is 7.79. The second-order valence-electron chi connectivity index (χ2n) is 5.63. The van der Waals surface area contributed by atoms with E-state index in [1.165, 1.54) is 24.0 Å². The van der Waals surface area contributed by atoms with Gasteiger partial charge >= 0.3 is 0 Å². The predicted molar refractivity (Wildman–Crippen MR) is 103 cm³/mol. The topological polar surface area (TPSA) is 76.4 Å². The molecule has 5 nitrogen and oxygen atoms in total. The number of fused-ring (bicyclic) bond motifs is 1. The number of halogens is 1. The van der Waals surface area contributed by atoms with E-state index in [-0.39, 0.29) is 24.0 Å². The summed E-state index contributed by atoms with van der Waals surface area (Å²) in [5.74, 6) is 1.91. The van der Waals surface area contributed by atoms with Crippen molar-refractivity contribution < 1.29 is 4.42 Å². The molecule has 0 unspecified atom stereocenters. The van der Waals surface area contributed by atoms with Crippen LogP contribution in [0.3, 0.4) is 0 Å². The molecule has 1 aromatic heterocycles. The third kappa shape index (κ3) is 4.25. The highest BCUT2D eigenvalue weighted by molar-refractivity contribution is 14.0. The predicted octanol–water partition coefficient (Wildman–Crippen LogP) is 3.58. The Morgan fingerprint density at radius 3 is 2.87 bits per heavy atom. The summed E-state index contributed by atoms with van der Waals surface area (Å²) < 4.78 is 5.62. The van der Waals surface area contributed by atoms with E-state index < -0.39 is 0 Å². The molecule has 0 aliphatic heterocycles. The number of nitrogens with one attached hydrogen (secondary N) is 1. The lowest BCUT2D eigenvalue weighted by Gasteiger charge is -2.07. The average molecular weight is 426 g/mol. The molecule has 1 heterocycles. The molecular weight excluding hydrogens is 403 g/mol. The number of nitrogens with zero attached hydrogens (tertiary/aromatic N) is 2. The molecule has 3 N–H and O–H groups in total. The fraction of sp³-hybridized carbons (Fsp3) is 0.412. The molecule has 23 heavy (non-hydrogen) atoms. The van der Waals surface area contributed by atoms with Crippen molar-refractivity contribution >= 4 is 35.6 Å². The zero-order chi connectivity index (χ0) is 15.5. The number of hydrogen-bond donors (Lipinski definition) is 2. The van der Waals surface area contributed by atoms with Crippen LogP contribution in [0.1, 0.15) is 41.8 Å². The van der Waals surface area contributed by atoms with Gasteiger partial charge in [-0.1, -0.05) is 13.0 Å². The van der Waals surface area contributed by atoms with Crippen LogP contribution in [0, 0.1) is 6.92 Å². The largest absolute Gasteiger partial charge is 0.443 e. The van der Waals surface area contributed by atoms with E-state index in [1.54, 1.807) is 0 Å². The zero-order valence-electron chi connectivity index (χ0n) is 13.6. The number of aryl methyl sites for hydroxylation is 4. The highest BCUT2D eigenvalue weighted by Crippen LogP contribution is 2.24. The third-order valence-electron chi connectivity index (χ3n) is 4.00. The first-order chi connectivity index (χ1) is 10.7. The molecule has 1 aliphatic rings. The lowest BCUT2D eigenvalue weighted by Crippen LogP contribution is -2.22. The van der Waals surface area contributed by atoms with Crippen LogP contribution in [-0.2, 0) is 25.8 Å². The van der Waals surface area contributed by atoms with Gasteiger partial charge in [0.25, 0.3) is 0 Å². The van der Waals surface area contributed by atoms with Gasteiger partial charge in [0.05, 0.1) is 5.69 Å². The smallest absolute Gasteiger partial charge is 0.194 e. The van der Waals surface area contributed by atoms with Gasteiger partial charge in [0.2, 0.25) is 0 Å². The summed E-state index contributed by atoms with van der Waals surface area (Å²) in [6.07, 6.45) is 4.36. The first-order valence-corrected chi connectivity index (χ1v) is 7.79. The molecule has 1 aliphatic carbocycles. The molecule has 3 rings (SSSR count). The van der Waals surface area contributed by atoms with Gasteiger partial charge in [0.15, 0.2) is 11.9 Å². The van der Waals surface area contributed by atoms with E-state index in [0.29, 0.717) is 12.5 Å². The minimum absolute atomic E-state index is 0. The molecular formula is C17H23IN4O. The summed E-state index contributed by atoms with van der Waals surface area (Å²) in [4.78, 5) is 8.67. The maximum absolute atomic E-state index is 5.96. The van der Waals surface area contributed by atoms with Crippen LogP contribution >= 0.6 is 24.0 Å². The van der Waals surface area contributed by atoms with Crippen LogP contribution in [-0.4, -0.2) is 10.9 Å². The van der Waals surface area contributed by atoms with Gasteiger partial charge in [0.1, 0.15) is 12.3 Å². The summed E-state index contributed by atoms with van der Waals surface area (Å²) in [7, 11) is 0. The Balaban J connectivity index is 0.00000192. The number of rotatable bonds is 4. The molecule has 6 heteroatoms. The SMILES string of the molecule is CCc1nc(C)c(CN=C(N)Nc2ccc3c(c2)CCC3)o1.I. The lowest BCUT2D eigenvalue weighted by molar-refractivity contribution is 0.461. The van der Waals surface area contributed by atoms with Crippen molar-refractivity contribution in [2.45, 2.75) is 46.1 Å². The molecule has 0 amide bonds. The molecule has 0 fully saturated rings. The van der Waals surface area contributed by atoms with Crippen LogP contribution in [0.15, 0.2) is 27.6 Å². The van der Waals surface area contributed by atoms with Gasteiger partial charge in [-0.15, -0.1) is 24.0 Å². The van der Waals surface area contributed by atoms with Crippen LogP contribution in [0.4, 0.5) is 5.69 Å². The summed E-state index contributed by atoms with van der Waals surface area (Å²) in [5, 5.41) is 3.15. The Kier molecular flexibility index (Phi) is 6.04. The number of aromatic nitrogens is 1. The van der Waals surface area contributed by atoms with Crippen LogP contribution in [0.2, 0.25) is 0 Å². The van der Waals surface area contributed by atoms with Gasteiger partial charge < -0.3 is 15.5 Å². The number of benzene rings is 1. The van der Waals surface area contributed by atoms with Crippen molar-refractivity contribution in [3.05, 3.63) is 46.7 Å². The molecule has 0 radical (unpaired) electrons. The highest BCUT2D eigenvalue weighted by atomic mass is 127. The maximum Gasteiger partial charge on any atom is 0.194 e. The van der Waals surface area contributed by atoms with Crippen molar-refractivity contribution in [2.75, 3.05) is 5.32 Å². The van der Waals surface area contributed by atoms with Gasteiger partial charge in [-0.2, -0.15) is 0 Å². The van der Waals surface area contributed by atoms with E-state index in [1.807, 2.05) is 13.8 Å². The van der Waals surface area contributed by atoms with E-state index >= 15 is 0 Å². The van der Waals surface area contributed by atoms with E-state index in [4.69, 9.17) is 10.2 Å². The highest BCUT2D eigenvalue weighted by Gasteiger charge is 2.11. The Labute approximate surface area is 153 Å². The summed E-state index contributed by atoms with van der Waals surface area (Å²) >= 11 is 0. The van der Waals surface area contributed by atoms with Gasteiger partial charge in [0, 0.05) is 12.1 Å². The molecule has 0 saturated carbocycles. The average Bonchev–Trinajstić information content (AvgIpc) is 3.11. The number of nitrogens with two attached hydrogens (primary N) is 1. The number of aliphatic imine (C=N–C) groups is 1. The summed E-state index contributed by atoms with van der Waals surface area (Å²) in [5.41, 5.74) is 10.7. The summed E-state index contributed by atoms with van der Waals surface area (Å²) in [6.45, 7) is 4.35. The fourth-order valence-electron chi connectivity index (χ4n) is 2.78. The van der Waals surface area contributed by atoms with E-state index in [2.05, 4.69) is 33.5 Å². The van der Waals surface area contributed by atoms with Crippen LogP contribution in [0.5, 0.6) is 0 Å². The number of anilines is 1. The van der Waals surface area contributed by atoms with Crippen molar-refractivity contribution in [3.8, 4) is 0 Å². The summed E-state index contributed by atoms with van der Waals surface area (Å²) in [6, 6.07) is 6.40. The monoisotopic (exact) mass is 426 g/mol. The zero-order valence-corrected chi connectivity index (χ0v) is 15.9. The molecule has 0 saturated heterocycles. The number of guanidine groups is 1. The van der Waals surface area contributed by atoms with Gasteiger partial charge in [-0.25, -0.2) is 9.98 Å². The normalized spacial score (nSPS) is 13.6. The van der Waals surface area contributed by atoms with Crippen molar-refractivity contribution in [1.82, 2.24) is 4.98 Å². The van der Waals surface area contributed by atoms with E-state index in [0.717, 1.165) is 35.9 Å². The molecule has 0 atom stereocenters. The van der Waals surface area contributed by atoms with Crippen molar-refractivity contribution in [1.29, 1.82) is 0 Å². The number of oxazole rings is 1. The molecule has 0 spiro atoms. The van der Waals surface area contributed by atoms with Crippen LogP contribution in [0.25, 0.3) is 0 Å². The lowest BCUT2D eigenvalue weighted by atomic mass is 10.1. The van der Waals surface area contributed by atoms with E-state index in [9.17, 15) is 0 Å². The Hall–Kier alpha value is -1.57. The van der Waals surface area contributed by atoms with Crippen molar-refractivity contribution in [2.24, 2.45) is 10.7 Å². The first kappa shape index (κ1) is 17.8. The Morgan fingerprint density at radius 1 is 1.35 bits per heavy atom. The van der Waals surface area contributed by atoms with Gasteiger partial charge in [-0.3, -0.25) is 0 Å². The second-order valence-corrected chi connectivity index (χ2v) is 5.63. The van der Waals surface area contributed by atoms with Crippen molar-refractivity contribution in [3.63, 3.8) is 0 Å². The minimum Gasteiger partial charge on any atom is -0.443 e. The molecule has 1 aromatic carbocycles. The fourth-order valence-corrected chi connectivity index (χ4v) is 2.78. The molecule has 2 aromatic rings.